The van der Waals surface area contributed by atoms with E-state index in [0.717, 1.165) is 0 Å². The molecule has 2 aromatic carbocycles. The lowest BCUT2D eigenvalue weighted by Gasteiger charge is -2.10. The molecule has 26 heavy (non-hydrogen) atoms. The van der Waals surface area contributed by atoms with Crippen molar-refractivity contribution in [1.29, 1.82) is 0 Å². The second-order valence-electron chi connectivity index (χ2n) is 5.77. The average molecular weight is 372 g/mol. The second-order valence-corrected chi connectivity index (χ2v) is 7.30. The zero-order valence-corrected chi connectivity index (χ0v) is 14.7. The normalized spacial score (nSPS) is 11.5. The van der Waals surface area contributed by atoms with Crippen LogP contribution < -0.4 is 16.0 Å². The summed E-state index contributed by atoms with van der Waals surface area (Å²) < 4.78 is 24.3. The maximum Gasteiger partial charge on any atom is 0.261 e. The van der Waals surface area contributed by atoms with Crippen LogP contribution in [-0.4, -0.2) is 23.9 Å². The molecule has 0 aliphatic carbocycles. The molecule has 9 heteroatoms. The number of aromatic nitrogens is 2. The van der Waals surface area contributed by atoms with Gasteiger partial charge >= 0.3 is 0 Å². The zero-order chi connectivity index (χ0) is 18.9. The number of carbonyl (C=O) groups is 1. The van der Waals surface area contributed by atoms with Crippen LogP contribution in [-0.2, 0) is 21.4 Å². The lowest BCUT2D eigenvalue weighted by Crippen LogP contribution is -2.28. The molecule has 0 spiro atoms. The van der Waals surface area contributed by atoms with Gasteiger partial charge in [-0.15, -0.1) is 0 Å². The van der Waals surface area contributed by atoms with Gasteiger partial charge in [-0.2, -0.15) is 0 Å². The van der Waals surface area contributed by atoms with Crippen LogP contribution in [0.2, 0.25) is 0 Å². The number of anilines is 1. The number of sulfonamides is 1. The number of para-hydroxylation sites is 1. The molecular formula is C17H16N4O4S. The number of hydrogen-bond donors (Lipinski definition) is 2. The van der Waals surface area contributed by atoms with Crippen LogP contribution in [0.3, 0.4) is 0 Å². The Labute approximate surface area is 149 Å². The second kappa shape index (κ2) is 6.70. The van der Waals surface area contributed by atoms with E-state index in [1.807, 2.05) is 0 Å². The molecule has 0 bridgehead atoms. The molecule has 8 nitrogen and oxygen atoms in total. The van der Waals surface area contributed by atoms with Gasteiger partial charge in [0.2, 0.25) is 15.9 Å². The molecule has 0 aliphatic rings. The highest BCUT2D eigenvalue weighted by molar-refractivity contribution is 7.89. The van der Waals surface area contributed by atoms with Crippen molar-refractivity contribution in [2.75, 3.05) is 5.32 Å². The maximum absolute atomic E-state index is 12.4. The molecule has 0 fully saturated rings. The van der Waals surface area contributed by atoms with E-state index in [9.17, 15) is 18.0 Å². The zero-order valence-electron chi connectivity index (χ0n) is 13.8. The number of benzene rings is 2. The molecule has 134 valence electrons. The minimum absolute atomic E-state index is 0.0696. The molecule has 0 atom stereocenters. The van der Waals surface area contributed by atoms with Crippen LogP contribution >= 0.6 is 0 Å². The molecule has 0 unspecified atom stereocenters. The monoisotopic (exact) mass is 372 g/mol. The number of carbonyl (C=O) groups excluding carboxylic acids is 1. The summed E-state index contributed by atoms with van der Waals surface area (Å²) in [5.41, 5.74) is 0.956. The lowest BCUT2D eigenvalue weighted by molar-refractivity contribution is -0.116. The first kappa shape index (κ1) is 17.8. The summed E-state index contributed by atoms with van der Waals surface area (Å²) in [6, 6.07) is 11.2. The molecular weight excluding hydrogens is 356 g/mol. The SMILES string of the molecule is Cc1ccc(NC(=O)Cn2cnc3ccccc3c2=O)cc1S(N)(=O)=O. The average Bonchev–Trinajstić information content (AvgIpc) is 2.58. The molecule has 0 radical (unpaired) electrons. The maximum atomic E-state index is 12.4. The van der Waals surface area contributed by atoms with Gasteiger partial charge in [0.25, 0.3) is 5.56 Å². The Bertz CT molecular complexity index is 1170. The van der Waals surface area contributed by atoms with Gasteiger partial charge in [0.1, 0.15) is 6.54 Å². The van der Waals surface area contributed by atoms with Crippen molar-refractivity contribution in [3.8, 4) is 0 Å². The molecule has 3 N–H and O–H groups in total. The van der Waals surface area contributed by atoms with Gasteiger partial charge in [0.05, 0.1) is 22.1 Å². The predicted molar refractivity (Wildman–Crippen MR) is 97.2 cm³/mol. The van der Waals surface area contributed by atoms with Crippen molar-refractivity contribution >= 4 is 32.5 Å². The van der Waals surface area contributed by atoms with E-state index in [4.69, 9.17) is 5.14 Å². The third kappa shape index (κ3) is 3.63. The third-order valence-electron chi connectivity index (χ3n) is 3.82. The van der Waals surface area contributed by atoms with Crippen LogP contribution in [0.4, 0.5) is 5.69 Å². The lowest BCUT2D eigenvalue weighted by atomic mass is 10.2. The van der Waals surface area contributed by atoms with Crippen LogP contribution in [0.1, 0.15) is 5.56 Å². The van der Waals surface area contributed by atoms with E-state index in [2.05, 4.69) is 10.3 Å². The van der Waals surface area contributed by atoms with E-state index in [-0.39, 0.29) is 22.7 Å². The summed E-state index contributed by atoms with van der Waals surface area (Å²) in [5.74, 6) is -0.492. The standard InChI is InChI=1S/C17H16N4O4S/c1-11-6-7-12(8-15(11)26(18,24)25)20-16(22)9-21-10-19-14-5-3-2-4-13(14)17(21)23/h2-8,10H,9H2,1H3,(H,20,22)(H2,18,24,25). The number of aryl methyl sites for hydroxylation is 1. The summed E-state index contributed by atoms with van der Waals surface area (Å²) in [4.78, 5) is 28.7. The Kier molecular flexibility index (Phi) is 4.58. The molecule has 3 aromatic rings. The van der Waals surface area contributed by atoms with Gasteiger partial charge in [-0.25, -0.2) is 18.5 Å². The van der Waals surface area contributed by atoms with Gasteiger partial charge in [0.15, 0.2) is 0 Å². The first-order valence-electron chi connectivity index (χ1n) is 7.63. The van der Waals surface area contributed by atoms with Gasteiger partial charge in [-0.05, 0) is 36.8 Å². The topological polar surface area (TPSA) is 124 Å². The van der Waals surface area contributed by atoms with Gasteiger partial charge in [-0.3, -0.25) is 14.2 Å². The summed E-state index contributed by atoms with van der Waals surface area (Å²) in [6.45, 7) is 1.35. The van der Waals surface area contributed by atoms with E-state index >= 15 is 0 Å². The number of primary sulfonamides is 1. The Balaban J connectivity index is 1.84. The number of hydrogen-bond acceptors (Lipinski definition) is 5. The molecule has 0 saturated heterocycles. The number of nitrogens with one attached hydrogen (secondary N) is 1. The van der Waals surface area contributed by atoms with Crippen LogP contribution in [0.5, 0.6) is 0 Å². The van der Waals surface area contributed by atoms with E-state index in [1.54, 1.807) is 43.3 Å². The molecule has 3 rings (SSSR count). The number of amides is 1. The first-order chi connectivity index (χ1) is 12.3. The summed E-state index contributed by atoms with van der Waals surface area (Å²) in [5, 5.41) is 8.13. The quantitative estimate of drug-likeness (QED) is 0.707. The highest BCUT2D eigenvalue weighted by atomic mass is 32.2. The molecule has 1 amide bonds. The predicted octanol–water partition coefficient (Wildman–Crippen LogP) is 0.991. The molecule has 1 heterocycles. The van der Waals surface area contributed by atoms with Gasteiger partial charge < -0.3 is 5.32 Å². The van der Waals surface area contributed by atoms with Crippen LogP contribution in [0.15, 0.2) is 58.5 Å². The Morgan fingerprint density at radius 2 is 1.96 bits per heavy atom. The molecule has 0 saturated carbocycles. The van der Waals surface area contributed by atoms with Gasteiger partial charge in [-0.1, -0.05) is 18.2 Å². The highest BCUT2D eigenvalue weighted by Gasteiger charge is 2.14. The minimum Gasteiger partial charge on any atom is -0.324 e. The number of rotatable bonds is 4. The summed E-state index contributed by atoms with van der Waals surface area (Å²) in [7, 11) is -3.90. The van der Waals surface area contributed by atoms with E-state index < -0.39 is 15.9 Å². The number of fused-ring (bicyclic) bond motifs is 1. The van der Waals surface area contributed by atoms with Gasteiger partial charge in [0, 0.05) is 5.69 Å². The fourth-order valence-electron chi connectivity index (χ4n) is 2.56. The summed E-state index contributed by atoms with van der Waals surface area (Å²) in [6.07, 6.45) is 1.30. The van der Waals surface area contributed by atoms with Crippen LogP contribution in [0, 0.1) is 6.92 Å². The highest BCUT2D eigenvalue weighted by Crippen LogP contribution is 2.19. The van der Waals surface area contributed by atoms with Crippen LogP contribution in [0.25, 0.3) is 10.9 Å². The van der Waals surface area contributed by atoms with Crippen molar-refractivity contribution in [3.05, 3.63) is 64.7 Å². The van der Waals surface area contributed by atoms with E-state index in [1.165, 1.54) is 17.0 Å². The van der Waals surface area contributed by atoms with Crippen molar-refractivity contribution in [1.82, 2.24) is 9.55 Å². The Morgan fingerprint density at radius 1 is 1.23 bits per heavy atom. The largest absolute Gasteiger partial charge is 0.324 e. The van der Waals surface area contributed by atoms with Crippen molar-refractivity contribution in [2.24, 2.45) is 5.14 Å². The number of nitrogens with two attached hydrogens (primary N) is 1. The molecule has 1 aromatic heterocycles. The molecule has 0 aliphatic heterocycles. The fourth-order valence-corrected chi connectivity index (χ4v) is 3.37. The number of nitrogens with zero attached hydrogens (tertiary/aromatic N) is 2. The third-order valence-corrected chi connectivity index (χ3v) is 4.88. The van der Waals surface area contributed by atoms with Crippen molar-refractivity contribution in [2.45, 2.75) is 18.4 Å². The van der Waals surface area contributed by atoms with Crippen molar-refractivity contribution in [3.63, 3.8) is 0 Å². The fraction of sp³-hybridized carbons (Fsp3) is 0.118. The van der Waals surface area contributed by atoms with Crippen molar-refractivity contribution < 1.29 is 13.2 Å². The van der Waals surface area contributed by atoms with E-state index in [0.29, 0.717) is 16.5 Å². The minimum atomic E-state index is -3.90. The summed E-state index contributed by atoms with van der Waals surface area (Å²) >= 11 is 0. The first-order valence-corrected chi connectivity index (χ1v) is 9.18. The Morgan fingerprint density at radius 3 is 2.69 bits per heavy atom. The Hall–Kier alpha value is -3.04. The smallest absolute Gasteiger partial charge is 0.261 e.